The molecular formula is C28H33ClN6O6S2. The molecule has 4 aliphatic heterocycles. The van der Waals surface area contributed by atoms with Crippen LogP contribution in [-0.2, 0) is 36.7 Å². The Balaban J connectivity index is 1.12. The van der Waals surface area contributed by atoms with Crippen LogP contribution >= 0.6 is 11.6 Å². The molecule has 1 aromatic heterocycles. The molecule has 2 aromatic carbocycles. The third-order valence-corrected chi connectivity index (χ3v) is 12.0. The van der Waals surface area contributed by atoms with Gasteiger partial charge < -0.3 is 14.4 Å². The molecule has 4 aliphatic rings. The van der Waals surface area contributed by atoms with Crippen LogP contribution in [0.1, 0.15) is 32.1 Å². The number of carbonyl (C=O) groups is 2. The maximum atomic E-state index is 13.5. The fourth-order valence-electron chi connectivity index (χ4n) is 6.31. The number of hydrogen-bond donors (Lipinski definition) is 1. The van der Waals surface area contributed by atoms with E-state index in [4.69, 9.17) is 11.6 Å². The average molecular weight is 649 g/mol. The Morgan fingerprint density at radius 2 is 1.74 bits per heavy atom. The van der Waals surface area contributed by atoms with E-state index >= 15 is 0 Å². The van der Waals surface area contributed by atoms with Crippen LogP contribution in [0.3, 0.4) is 0 Å². The smallest absolute Gasteiger partial charge is 0.262 e. The predicted octanol–water partition coefficient (Wildman–Crippen LogP) is 1.95. The highest BCUT2D eigenvalue weighted by Crippen LogP contribution is 2.32. The topological polar surface area (TPSA) is 142 Å². The largest absolute Gasteiger partial charge is 0.339 e. The number of amides is 2. The van der Waals surface area contributed by atoms with Crippen molar-refractivity contribution in [2.75, 3.05) is 26.2 Å². The first-order valence-electron chi connectivity index (χ1n) is 14.2. The van der Waals surface area contributed by atoms with E-state index in [1.54, 1.807) is 40.8 Å². The number of likely N-dealkylation sites (tertiary alicyclic amines) is 1. The van der Waals surface area contributed by atoms with Crippen LogP contribution in [0.15, 0.2) is 58.8 Å². The summed E-state index contributed by atoms with van der Waals surface area (Å²) >= 11 is 6.04. The molecule has 3 aromatic rings. The van der Waals surface area contributed by atoms with Gasteiger partial charge in [0.05, 0.1) is 17.8 Å². The first-order valence-corrected chi connectivity index (χ1v) is 17.5. The van der Waals surface area contributed by atoms with Gasteiger partial charge in [-0.05, 0) is 67.1 Å². The summed E-state index contributed by atoms with van der Waals surface area (Å²) in [6.45, 7) is 0.552. The number of sulfonamides is 2. The first kappa shape index (κ1) is 30.0. The maximum Gasteiger partial charge on any atom is 0.262 e. The predicted molar refractivity (Wildman–Crippen MR) is 159 cm³/mol. The van der Waals surface area contributed by atoms with Crippen LogP contribution in [0, 0.1) is 0 Å². The number of imidazole rings is 1. The Morgan fingerprint density at radius 1 is 1.00 bits per heavy atom. The van der Waals surface area contributed by atoms with E-state index in [0.29, 0.717) is 42.6 Å². The Kier molecular flexibility index (Phi) is 8.00. The molecule has 12 nitrogen and oxygen atoms in total. The number of rotatable bonds is 7. The van der Waals surface area contributed by atoms with Gasteiger partial charge in [-0.1, -0.05) is 23.7 Å². The lowest BCUT2D eigenvalue weighted by atomic mass is 10.1. The highest BCUT2D eigenvalue weighted by atomic mass is 35.5. The van der Waals surface area contributed by atoms with Crippen LogP contribution in [0.25, 0.3) is 10.8 Å². The van der Waals surface area contributed by atoms with Crippen molar-refractivity contribution < 1.29 is 26.4 Å². The van der Waals surface area contributed by atoms with Gasteiger partial charge in [0.2, 0.25) is 21.8 Å². The molecule has 0 aliphatic carbocycles. The van der Waals surface area contributed by atoms with Crippen molar-refractivity contribution >= 4 is 54.2 Å². The summed E-state index contributed by atoms with van der Waals surface area (Å²) in [6.07, 6.45) is 5.83. The van der Waals surface area contributed by atoms with Crippen molar-refractivity contribution in [1.29, 1.82) is 0 Å². The zero-order valence-corrected chi connectivity index (χ0v) is 26.0. The molecule has 0 saturated carbocycles. The fraction of sp³-hybridized carbons (Fsp3) is 0.464. The molecule has 4 saturated heterocycles. The Hall–Kier alpha value is -3.04. The van der Waals surface area contributed by atoms with Crippen molar-refractivity contribution in [2.45, 2.75) is 60.2 Å². The molecule has 4 fully saturated rings. The molecule has 0 radical (unpaired) electrons. The number of carbonyl (C=O) groups excluding carboxylic acids is 2. The van der Waals surface area contributed by atoms with E-state index in [9.17, 15) is 26.4 Å². The summed E-state index contributed by atoms with van der Waals surface area (Å²) < 4.78 is 58.7. The first-order chi connectivity index (χ1) is 20.4. The summed E-state index contributed by atoms with van der Waals surface area (Å²) in [7, 11) is -6.12. The molecule has 0 spiro atoms. The quantitative estimate of drug-likeness (QED) is 0.413. The van der Waals surface area contributed by atoms with E-state index in [2.05, 4.69) is 9.71 Å². The second kappa shape index (κ2) is 11.5. The maximum absolute atomic E-state index is 13.5. The minimum Gasteiger partial charge on any atom is -0.339 e. The van der Waals surface area contributed by atoms with Gasteiger partial charge in [0.1, 0.15) is 6.04 Å². The van der Waals surface area contributed by atoms with E-state index in [1.165, 1.54) is 33.9 Å². The van der Waals surface area contributed by atoms with Crippen LogP contribution in [-0.4, -0.2) is 96.6 Å². The molecule has 2 amide bonds. The number of benzene rings is 2. The Morgan fingerprint density at radius 3 is 2.51 bits per heavy atom. The Labute approximate surface area is 255 Å². The second-order valence-corrected chi connectivity index (χ2v) is 15.5. The number of halogens is 1. The zero-order valence-electron chi connectivity index (χ0n) is 23.6. The number of piperidine rings is 1. The molecule has 230 valence electrons. The van der Waals surface area contributed by atoms with Gasteiger partial charge >= 0.3 is 0 Å². The monoisotopic (exact) mass is 648 g/mol. The standard InChI is InChI=1S/C28H33ClN6O6S2/c1-32-16-26(30-18-32)43(40,41)35-15-22-4-2-5-23(35)14-34(22)27(36)17-33-11-3-6-25(28(33)37)31-42(38,39)24-10-8-19-12-21(29)9-7-20(19)13-24/h7-10,12-13,16,18,22-23,25,31H,2-6,11,14-15,17H2,1H3/t22-,23?,25-/m0/s1. The van der Waals surface area contributed by atoms with Gasteiger partial charge in [0, 0.05) is 50.0 Å². The second-order valence-electron chi connectivity index (χ2n) is 11.5. The summed E-state index contributed by atoms with van der Waals surface area (Å²) in [5.74, 6) is -0.716. The summed E-state index contributed by atoms with van der Waals surface area (Å²) in [4.78, 5) is 34.1. The third kappa shape index (κ3) is 5.90. The number of aryl methyl sites for hydroxylation is 1. The van der Waals surface area contributed by atoms with Crippen LogP contribution in [0.2, 0.25) is 5.02 Å². The molecule has 1 unspecified atom stereocenters. The van der Waals surface area contributed by atoms with Gasteiger partial charge in [0.25, 0.3) is 10.0 Å². The number of nitrogens with zero attached hydrogens (tertiary/aromatic N) is 5. The molecule has 7 rings (SSSR count). The summed E-state index contributed by atoms with van der Waals surface area (Å²) in [6, 6.07) is 8.14. The number of hydrogen-bond acceptors (Lipinski definition) is 7. The Bertz CT molecular complexity index is 1800. The number of aromatic nitrogens is 2. The number of nitrogens with one attached hydrogen (secondary N) is 1. The fourth-order valence-corrected chi connectivity index (χ4v) is 9.41. The van der Waals surface area contributed by atoms with Crippen LogP contribution in [0.5, 0.6) is 0 Å². The minimum absolute atomic E-state index is 0.0130. The third-order valence-electron chi connectivity index (χ3n) is 8.53. The average Bonchev–Trinajstić information content (AvgIpc) is 3.18. The number of piperazine rings is 1. The minimum atomic E-state index is -4.01. The SMILES string of the molecule is Cn1cnc(S(=O)(=O)N2C[C@@H]3CCCC2CN3C(=O)CN2CCC[C@H](NS(=O)(=O)c3ccc4cc(Cl)ccc4c3)C2=O)c1. The van der Waals surface area contributed by atoms with Crippen molar-refractivity contribution in [3.05, 3.63) is 53.9 Å². The zero-order chi connectivity index (χ0) is 30.5. The molecule has 15 heteroatoms. The lowest BCUT2D eigenvalue weighted by Gasteiger charge is -2.43. The molecule has 3 atom stereocenters. The van der Waals surface area contributed by atoms with E-state index < -0.39 is 32.0 Å². The molecule has 1 N–H and O–H groups in total. The summed E-state index contributed by atoms with van der Waals surface area (Å²) in [5, 5.41) is 2.03. The molecule has 43 heavy (non-hydrogen) atoms. The molecular weight excluding hydrogens is 616 g/mol. The highest BCUT2D eigenvalue weighted by Gasteiger charge is 2.45. The van der Waals surface area contributed by atoms with Gasteiger partial charge in [-0.3, -0.25) is 9.59 Å². The van der Waals surface area contributed by atoms with Gasteiger partial charge in [-0.15, -0.1) is 0 Å². The van der Waals surface area contributed by atoms with E-state index in [-0.39, 0.29) is 47.5 Å². The van der Waals surface area contributed by atoms with Gasteiger partial charge in [0.15, 0.2) is 5.03 Å². The lowest BCUT2D eigenvalue weighted by Crippen LogP contribution is -2.61. The van der Waals surface area contributed by atoms with Crippen molar-refractivity contribution in [1.82, 2.24) is 28.4 Å². The normalized spacial score (nSPS) is 23.6. The highest BCUT2D eigenvalue weighted by molar-refractivity contribution is 7.89. The van der Waals surface area contributed by atoms with Gasteiger partial charge in [-0.25, -0.2) is 21.8 Å². The molecule has 5 heterocycles. The van der Waals surface area contributed by atoms with Crippen LogP contribution in [0.4, 0.5) is 0 Å². The van der Waals surface area contributed by atoms with Crippen molar-refractivity contribution in [3.8, 4) is 0 Å². The lowest BCUT2D eigenvalue weighted by molar-refractivity contribution is -0.145. The van der Waals surface area contributed by atoms with E-state index in [0.717, 1.165) is 11.8 Å². The van der Waals surface area contributed by atoms with Crippen LogP contribution < -0.4 is 4.72 Å². The summed E-state index contributed by atoms with van der Waals surface area (Å²) in [5.41, 5.74) is 0. The van der Waals surface area contributed by atoms with Gasteiger partial charge in [-0.2, -0.15) is 9.03 Å². The van der Waals surface area contributed by atoms with Crippen molar-refractivity contribution in [3.63, 3.8) is 0 Å². The van der Waals surface area contributed by atoms with Crippen molar-refractivity contribution in [2.24, 2.45) is 7.05 Å². The number of fused-ring (bicyclic) bond motifs is 5. The molecule has 2 bridgehead atoms. The van der Waals surface area contributed by atoms with E-state index in [1.807, 2.05) is 0 Å².